The van der Waals surface area contributed by atoms with Gasteiger partial charge in [0.2, 0.25) is 0 Å². The molecule has 0 unspecified atom stereocenters. The molecule has 4 aromatic carbocycles. The number of nitrogens with zero attached hydrogens (tertiary/aromatic N) is 2. The fraction of sp³-hybridized carbons (Fsp3) is 0. The number of hydrogen-bond acceptors (Lipinski definition) is 6. The van der Waals surface area contributed by atoms with Crippen molar-refractivity contribution in [1.29, 1.82) is 0 Å². The molecule has 5 rings (SSSR count). The molecule has 0 aliphatic rings. The lowest BCUT2D eigenvalue weighted by molar-refractivity contribution is -0.387. The van der Waals surface area contributed by atoms with Crippen molar-refractivity contribution in [3.8, 4) is 0 Å². The fourth-order valence-electron chi connectivity index (χ4n) is 3.91. The Morgan fingerprint density at radius 2 is 1.46 bits per heavy atom. The zero-order chi connectivity index (χ0) is 25.9. The zero-order valence-corrected chi connectivity index (χ0v) is 19.9. The number of hydrogen-bond donors (Lipinski definition) is 1. The minimum absolute atomic E-state index is 0.114. The monoisotopic (exact) mass is 511 g/mol. The van der Waals surface area contributed by atoms with Crippen LogP contribution in [0.15, 0.2) is 118 Å². The number of rotatable bonds is 6. The van der Waals surface area contributed by atoms with Gasteiger partial charge in [-0.05, 0) is 48.5 Å². The van der Waals surface area contributed by atoms with Crippen LogP contribution in [-0.2, 0) is 0 Å². The molecule has 1 heterocycles. The number of aromatic nitrogens is 1. The predicted octanol–water partition coefficient (Wildman–Crippen LogP) is 6.63. The molecule has 37 heavy (non-hydrogen) atoms. The van der Waals surface area contributed by atoms with Gasteiger partial charge in [-0.1, -0.05) is 60.3 Å². The first kappa shape index (κ1) is 24.0. The molecule has 0 bridgehead atoms. The van der Waals surface area contributed by atoms with Crippen molar-refractivity contribution in [3.05, 3.63) is 135 Å². The summed E-state index contributed by atoms with van der Waals surface area (Å²) in [6.45, 7) is 0. The van der Waals surface area contributed by atoms with Crippen molar-refractivity contribution >= 4 is 45.6 Å². The number of carbonyl (C=O) groups is 1. The predicted molar refractivity (Wildman–Crippen MR) is 141 cm³/mol. The minimum Gasteiger partial charge on any atom is -0.340 e. The van der Waals surface area contributed by atoms with E-state index in [1.807, 2.05) is 0 Å². The number of para-hydroxylation sites is 1. The van der Waals surface area contributed by atoms with Gasteiger partial charge >= 0.3 is 0 Å². The molecule has 0 fully saturated rings. The van der Waals surface area contributed by atoms with Crippen molar-refractivity contribution in [2.24, 2.45) is 0 Å². The highest BCUT2D eigenvalue weighted by atomic mass is 32.2. The number of nitro groups is 1. The second-order valence-electron chi connectivity index (χ2n) is 7.99. The number of anilines is 2. The lowest BCUT2D eigenvalue weighted by Crippen LogP contribution is -2.30. The Morgan fingerprint density at radius 1 is 0.838 bits per heavy atom. The van der Waals surface area contributed by atoms with Crippen LogP contribution in [0, 0.1) is 15.9 Å². The molecule has 182 valence electrons. The highest BCUT2D eigenvalue weighted by molar-refractivity contribution is 7.99. The van der Waals surface area contributed by atoms with Crippen LogP contribution in [0.3, 0.4) is 0 Å². The Bertz CT molecular complexity index is 1700. The third-order valence-electron chi connectivity index (χ3n) is 5.65. The summed E-state index contributed by atoms with van der Waals surface area (Å²) in [4.78, 5) is 39.4. The summed E-state index contributed by atoms with van der Waals surface area (Å²) in [6.07, 6.45) is 0. The number of carbonyl (C=O) groups excluding carboxylic acids is 1. The zero-order valence-electron chi connectivity index (χ0n) is 19.1. The van der Waals surface area contributed by atoms with E-state index in [-0.39, 0.29) is 22.5 Å². The summed E-state index contributed by atoms with van der Waals surface area (Å²) in [7, 11) is 0. The molecule has 0 atom stereocenters. The van der Waals surface area contributed by atoms with E-state index in [2.05, 4.69) is 5.32 Å². The number of pyridine rings is 1. The van der Waals surface area contributed by atoms with E-state index >= 15 is 0 Å². The molecule has 1 N–H and O–H groups in total. The van der Waals surface area contributed by atoms with Crippen LogP contribution >= 0.6 is 11.8 Å². The molecule has 0 saturated carbocycles. The quantitative estimate of drug-likeness (QED) is 0.203. The molecule has 0 saturated heterocycles. The van der Waals surface area contributed by atoms with E-state index in [1.54, 1.807) is 72.8 Å². The Kier molecular flexibility index (Phi) is 6.53. The summed E-state index contributed by atoms with van der Waals surface area (Å²) in [5, 5.41) is 15.6. The van der Waals surface area contributed by atoms with Gasteiger partial charge in [0.15, 0.2) is 0 Å². The topological polar surface area (TPSA) is 94.2 Å². The van der Waals surface area contributed by atoms with Crippen LogP contribution in [0.5, 0.6) is 0 Å². The first-order chi connectivity index (χ1) is 17.9. The van der Waals surface area contributed by atoms with Gasteiger partial charge in [0.25, 0.3) is 17.2 Å². The van der Waals surface area contributed by atoms with Crippen molar-refractivity contribution in [3.63, 3.8) is 0 Å². The lowest BCUT2D eigenvalue weighted by Gasteiger charge is -2.20. The molecule has 0 spiro atoms. The summed E-state index contributed by atoms with van der Waals surface area (Å²) in [5.74, 6) is -0.908. The maximum Gasteiger partial charge on any atom is 0.283 e. The molecular formula is C28H18FN3O4S. The first-order valence-electron chi connectivity index (χ1n) is 11.2. The summed E-state index contributed by atoms with van der Waals surface area (Å²) < 4.78 is 14.6. The smallest absolute Gasteiger partial charge is 0.283 e. The molecule has 1 aromatic heterocycles. The minimum atomic E-state index is -0.578. The van der Waals surface area contributed by atoms with Crippen LogP contribution in [0.2, 0.25) is 0 Å². The van der Waals surface area contributed by atoms with Gasteiger partial charge in [0.05, 0.1) is 14.7 Å². The molecule has 0 radical (unpaired) electrons. The highest BCUT2D eigenvalue weighted by Gasteiger charge is 2.25. The average molecular weight is 512 g/mol. The Morgan fingerprint density at radius 3 is 2.16 bits per heavy atom. The summed E-state index contributed by atoms with van der Waals surface area (Å²) in [6, 6.07) is 26.8. The number of halogens is 1. The van der Waals surface area contributed by atoms with Crippen LogP contribution in [-0.4, -0.2) is 15.4 Å². The second-order valence-corrected chi connectivity index (χ2v) is 9.05. The van der Waals surface area contributed by atoms with Gasteiger partial charge in [-0.25, -0.2) is 8.96 Å². The third kappa shape index (κ3) is 4.72. The van der Waals surface area contributed by atoms with Crippen LogP contribution in [0.1, 0.15) is 10.4 Å². The molecule has 0 aliphatic carbocycles. The van der Waals surface area contributed by atoms with Crippen molar-refractivity contribution < 1.29 is 14.1 Å². The van der Waals surface area contributed by atoms with Crippen LogP contribution in [0.25, 0.3) is 10.8 Å². The molecule has 9 heteroatoms. The fourth-order valence-corrected chi connectivity index (χ4v) is 5.05. The maximum atomic E-state index is 13.7. The molecular weight excluding hydrogens is 493 g/mol. The van der Waals surface area contributed by atoms with Crippen molar-refractivity contribution in [2.75, 3.05) is 5.32 Å². The van der Waals surface area contributed by atoms with E-state index in [4.69, 9.17) is 0 Å². The molecule has 5 aromatic rings. The van der Waals surface area contributed by atoms with Gasteiger partial charge < -0.3 is 5.32 Å². The van der Waals surface area contributed by atoms with Crippen LogP contribution in [0.4, 0.5) is 21.6 Å². The maximum absolute atomic E-state index is 13.7. The lowest BCUT2D eigenvalue weighted by atomic mass is 10.1. The number of nitrogens with one attached hydrogen (secondary N) is 1. The largest absolute Gasteiger partial charge is 0.340 e. The van der Waals surface area contributed by atoms with E-state index in [9.17, 15) is 24.1 Å². The van der Waals surface area contributed by atoms with Crippen molar-refractivity contribution in [1.82, 2.24) is 4.57 Å². The Balaban J connectivity index is 1.82. The molecule has 0 amide bonds. The summed E-state index contributed by atoms with van der Waals surface area (Å²) in [5.41, 5.74) is 0.0382. The van der Waals surface area contributed by atoms with Gasteiger partial charge in [0, 0.05) is 28.1 Å². The van der Waals surface area contributed by atoms with Gasteiger partial charge in [-0.3, -0.25) is 19.7 Å². The van der Waals surface area contributed by atoms with Gasteiger partial charge in [0.1, 0.15) is 11.6 Å². The number of benzene rings is 4. The second kappa shape index (κ2) is 10.1. The number of nitro benzene ring substituents is 1. The highest BCUT2D eigenvalue weighted by Crippen LogP contribution is 2.42. The molecule has 0 aliphatic heterocycles. The van der Waals surface area contributed by atoms with Crippen molar-refractivity contribution in [2.45, 2.75) is 9.79 Å². The summed E-state index contributed by atoms with van der Waals surface area (Å²) >= 11 is 1.07. The average Bonchev–Trinajstić information content (AvgIpc) is 2.92. The Labute approximate surface area is 214 Å². The normalized spacial score (nSPS) is 10.8. The van der Waals surface area contributed by atoms with E-state index in [1.165, 1.54) is 30.3 Å². The standard InChI is InChI=1S/C28H18FN3O4S/c29-19-14-16-20(17-15-19)30-26-25(37-24-13-7-6-12-23(24)32(35)36)21-10-4-5-11-22(21)28(34)31(26)27(33)18-8-2-1-3-9-18/h1-17,30H. The first-order valence-corrected chi connectivity index (χ1v) is 12.0. The number of fused-ring (bicyclic) bond motifs is 1. The van der Waals surface area contributed by atoms with E-state index < -0.39 is 22.2 Å². The third-order valence-corrected chi connectivity index (χ3v) is 6.83. The van der Waals surface area contributed by atoms with Gasteiger partial charge in [-0.2, -0.15) is 0 Å². The Hall–Kier alpha value is -4.76. The van der Waals surface area contributed by atoms with E-state index in [0.717, 1.165) is 16.3 Å². The van der Waals surface area contributed by atoms with E-state index in [0.29, 0.717) is 20.9 Å². The SMILES string of the molecule is O=C(c1ccccc1)n1c(Nc2ccc(F)cc2)c(Sc2ccccc2[N+](=O)[O-])c2ccccc2c1=O. The van der Waals surface area contributed by atoms with Gasteiger partial charge in [-0.15, -0.1) is 0 Å². The van der Waals surface area contributed by atoms with Crippen LogP contribution < -0.4 is 10.9 Å². The molecule has 7 nitrogen and oxygen atoms in total.